The Morgan fingerprint density at radius 1 is 1.50 bits per heavy atom. The van der Waals surface area contributed by atoms with Crippen LogP contribution in [0, 0.1) is 0 Å². The molecule has 0 aliphatic heterocycles. The summed E-state index contributed by atoms with van der Waals surface area (Å²) in [6.07, 6.45) is 0.639. The van der Waals surface area contributed by atoms with Gasteiger partial charge in [-0.3, -0.25) is 4.52 Å². The van der Waals surface area contributed by atoms with Crippen LogP contribution >= 0.6 is 7.82 Å². The van der Waals surface area contributed by atoms with E-state index in [1.165, 1.54) is 0 Å². The van der Waals surface area contributed by atoms with E-state index in [0.717, 1.165) is 0 Å². The van der Waals surface area contributed by atoms with Crippen molar-refractivity contribution in [1.29, 1.82) is 0 Å². The second-order valence-corrected chi connectivity index (χ2v) is 3.19. The Morgan fingerprint density at radius 2 is 1.92 bits per heavy atom. The van der Waals surface area contributed by atoms with Crippen LogP contribution in [0.5, 0.6) is 0 Å². The predicted octanol–water partition coefficient (Wildman–Crippen LogP) is 0.859. The number of phosphoric ester groups is 1. The molecule has 0 fully saturated rings. The molecule has 0 heterocycles. The van der Waals surface area contributed by atoms with E-state index in [-0.39, 0.29) is 12.6 Å². The summed E-state index contributed by atoms with van der Waals surface area (Å²) in [6, 6.07) is -0.298. The van der Waals surface area contributed by atoms with Crippen molar-refractivity contribution in [3.63, 3.8) is 0 Å². The van der Waals surface area contributed by atoms with E-state index >= 15 is 0 Å². The second kappa shape index (κ2) is 7.71. The Bertz CT molecular complexity index is 136. The van der Waals surface area contributed by atoms with E-state index in [4.69, 9.17) is 15.5 Å². The van der Waals surface area contributed by atoms with Crippen molar-refractivity contribution in [2.75, 3.05) is 6.61 Å². The lowest BCUT2D eigenvalue weighted by molar-refractivity contribution is 0.185. The van der Waals surface area contributed by atoms with Crippen molar-refractivity contribution < 1.29 is 18.9 Å². The SMILES string of the molecule is CC.CCC(N)COP(=O)(O)O. The van der Waals surface area contributed by atoms with E-state index in [2.05, 4.69) is 4.52 Å². The number of hydrogen-bond acceptors (Lipinski definition) is 3. The maximum absolute atomic E-state index is 10.1. The van der Waals surface area contributed by atoms with Gasteiger partial charge in [-0.1, -0.05) is 20.8 Å². The smallest absolute Gasteiger partial charge is 0.326 e. The first-order chi connectivity index (χ1) is 5.45. The molecule has 5 nitrogen and oxygen atoms in total. The molecule has 0 rings (SSSR count). The lowest BCUT2D eigenvalue weighted by Crippen LogP contribution is -2.24. The molecule has 0 spiro atoms. The summed E-state index contributed by atoms with van der Waals surface area (Å²) in [5.41, 5.74) is 5.31. The van der Waals surface area contributed by atoms with Crippen LogP contribution in [0.3, 0.4) is 0 Å². The van der Waals surface area contributed by atoms with Crippen LogP contribution in [0.1, 0.15) is 27.2 Å². The third-order valence-corrected chi connectivity index (χ3v) is 1.47. The van der Waals surface area contributed by atoms with E-state index < -0.39 is 7.82 Å². The summed E-state index contributed by atoms with van der Waals surface area (Å²) < 4.78 is 14.2. The van der Waals surface area contributed by atoms with Crippen LogP contribution in [0.2, 0.25) is 0 Å². The van der Waals surface area contributed by atoms with E-state index in [1.54, 1.807) is 0 Å². The number of hydrogen-bond donors (Lipinski definition) is 3. The molecule has 0 aliphatic carbocycles. The zero-order chi connectivity index (χ0) is 10.2. The Labute approximate surface area is 73.2 Å². The number of phosphoric acid groups is 1. The van der Waals surface area contributed by atoms with Crippen LogP contribution < -0.4 is 5.73 Å². The highest BCUT2D eigenvalue weighted by Crippen LogP contribution is 2.35. The predicted molar refractivity (Wildman–Crippen MR) is 47.6 cm³/mol. The highest BCUT2D eigenvalue weighted by Gasteiger charge is 2.14. The average molecular weight is 199 g/mol. The highest BCUT2D eigenvalue weighted by molar-refractivity contribution is 7.46. The van der Waals surface area contributed by atoms with Crippen molar-refractivity contribution in [3.05, 3.63) is 0 Å². The lowest BCUT2D eigenvalue weighted by Gasteiger charge is -2.09. The van der Waals surface area contributed by atoms with Crippen LogP contribution in [0.25, 0.3) is 0 Å². The van der Waals surface area contributed by atoms with Crippen molar-refractivity contribution in [2.24, 2.45) is 5.73 Å². The van der Waals surface area contributed by atoms with E-state index in [0.29, 0.717) is 6.42 Å². The number of rotatable bonds is 4. The Hall–Kier alpha value is 0.0700. The molecule has 76 valence electrons. The van der Waals surface area contributed by atoms with Gasteiger partial charge in [-0.2, -0.15) is 0 Å². The van der Waals surface area contributed by atoms with Gasteiger partial charge in [-0.15, -0.1) is 0 Å². The normalized spacial score (nSPS) is 13.2. The Kier molecular flexibility index (Phi) is 9.37. The molecule has 0 radical (unpaired) electrons. The third-order valence-electron chi connectivity index (χ3n) is 0.981. The molecular weight excluding hydrogens is 181 g/mol. The summed E-state index contributed by atoms with van der Waals surface area (Å²) in [6.45, 7) is 5.72. The second-order valence-electron chi connectivity index (χ2n) is 1.95. The molecule has 1 atom stereocenters. The summed E-state index contributed by atoms with van der Waals surface area (Å²) in [5.74, 6) is 0. The van der Waals surface area contributed by atoms with Gasteiger partial charge in [0.2, 0.25) is 0 Å². The summed E-state index contributed by atoms with van der Waals surface area (Å²) in [7, 11) is -4.31. The van der Waals surface area contributed by atoms with Gasteiger partial charge in [0.1, 0.15) is 0 Å². The molecule has 6 heteroatoms. The first kappa shape index (κ1) is 14.6. The first-order valence-electron chi connectivity index (χ1n) is 3.91. The molecule has 1 unspecified atom stereocenters. The van der Waals surface area contributed by atoms with E-state index in [1.807, 2.05) is 20.8 Å². The fraction of sp³-hybridized carbons (Fsp3) is 1.00. The summed E-state index contributed by atoms with van der Waals surface area (Å²) in [4.78, 5) is 16.4. The van der Waals surface area contributed by atoms with Crippen LogP contribution in [0.15, 0.2) is 0 Å². The fourth-order valence-electron chi connectivity index (χ4n) is 0.311. The molecule has 0 aromatic carbocycles. The molecule has 0 amide bonds. The molecule has 0 aliphatic rings. The first-order valence-corrected chi connectivity index (χ1v) is 5.44. The quantitative estimate of drug-likeness (QED) is 0.584. The Morgan fingerprint density at radius 3 is 2.17 bits per heavy atom. The standard InChI is InChI=1S/C4H12NO4P.C2H6/c1-2-4(5)3-9-10(6,7)8;1-2/h4H,2-3,5H2,1H3,(H2,6,7,8);1-2H3. The molecule has 4 N–H and O–H groups in total. The van der Waals surface area contributed by atoms with Crippen molar-refractivity contribution >= 4 is 7.82 Å². The molecule has 0 aromatic rings. The van der Waals surface area contributed by atoms with E-state index in [9.17, 15) is 4.57 Å². The zero-order valence-corrected chi connectivity index (χ0v) is 8.62. The van der Waals surface area contributed by atoms with Crippen LogP contribution in [0.4, 0.5) is 0 Å². The topological polar surface area (TPSA) is 92.8 Å². The summed E-state index contributed by atoms with van der Waals surface area (Å²) in [5, 5.41) is 0. The van der Waals surface area contributed by atoms with Gasteiger partial charge in [0.25, 0.3) is 0 Å². The molecule has 0 saturated carbocycles. The van der Waals surface area contributed by atoms with Crippen molar-refractivity contribution in [3.8, 4) is 0 Å². The minimum atomic E-state index is -4.31. The average Bonchev–Trinajstić information content (AvgIpc) is 2.03. The monoisotopic (exact) mass is 199 g/mol. The molecule has 0 bridgehead atoms. The Balaban J connectivity index is 0. The minimum absolute atomic E-state index is 0.0965. The van der Waals surface area contributed by atoms with Crippen molar-refractivity contribution in [1.82, 2.24) is 0 Å². The summed E-state index contributed by atoms with van der Waals surface area (Å²) >= 11 is 0. The van der Waals surface area contributed by atoms with Gasteiger partial charge in [-0.05, 0) is 6.42 Å². The third kappa shape index (κ3) is 12.7. The van der Waals surface area contributed by atoms with Gasteiger partial charge in [-0.25, -0.2) is 4.57 Å². The van der Waals surface area contributed by atoms with Crippen LogP contribution in [-0.4, -0.2) is 22.4 Å². The van der Waals surface area contributed by atoms with Gasteiger partial charge in [0, 0.05) is 6.04 Å². The molecule has 0 saturated heterocycles. The van der Waals surface area contributed by atoms with Gasteiger partial charge in [0.15, 0.2) is 0 Å². The maximum atomic E-state index is 10.1. The highest BCUT2D eigenvalue weighted by atomic mass is 31.2. The zero-order valence-electron chi connectivity index (χ0n) is 7.73. The fourth-order valence-corrected chi connectivity index (χ4v) is 0.696. The number of nitrogens with two attached hydrogens (primary N) is 1. The van der Waals surface area contributed by atoms with Crippen molar-refractivity contribution in [2.45, 2.75) is 33.2 Å². The lowest BCUT2D eigenvalue weighted by atomic mass is 10.3. The van der Waals surface area contributed by atoms with Crippen LogP contribution in [-0.2, 0) is 9.09 Å². The molecule has 0 aromatic heterocycles. The minimum Gasteiger partial charge on any atom is -0.326 e. The van der Waals surface area contributed by atoms with Gasteiger partial charge in [0.05, 0.1) is 6.61 Å². The van der Waals surface area contributed by atoms with Gasteiger partial charge >= 0.3 is 7.82 Å². The van der Waals surface area contributed by atoms with Gasteiger partial charge < -0.3 is 15.5 Å². The largest absolute Gasteiger partial charge is 0.469 e. The molecular formula is C6H18NO4P. The molecule has 12 heavy (non-hydrogen) atoms. The maximum Gasteiger partial charge on any atom is 0.469 e.